The van der Waals surface area contributed by atoms with Gasteiger partial charge in [-0.3, -0.25) is 4.68 Å². The predicted octanol–water partition coefficient (Wildman–Crippen LogP) is 2.17. The molecule has 1 aromatic rings. The molecule has 2 unspecified atom stereocenters. The van der Waals surface area contributed by atoms with Crippen LogP contribution in [0.3, 0.4) is 0 Å². The van der Waals surface area contributed by atoms with Crippen molar-refractivity contribution in [3.05, 3.63) is 16.9 Å². The first-order valence-corrected chi connectivity index (χ1v) is 9.26. The maximum Gasteiger partial charge on any atom is 0.155 e. The standard InChI is InChI=1S/C13H22ClN3O2S/c1-3-15-12(11-7-5-6-8-20(11,18)19)13-10(14)9-16-17(13)4-2/h9,11-12,15H,3-8H2,1-2H3. The third kappa shape index (κ3) is 3.02. The molecule has 0 amide bonds. The molecule has 20 heavy (non-hydrogen) atoms. The number of nitrogens with zero attached hydrogens (tertiary/aromatic N) is 2. The van der Waals surface area contributed by atoms with Gasteiger partial charge in [0.1, 0.15) is 0 Å². The summed E-state index contributed by atoms with van der Waals surface area (Å²) in [5.41, 5.74) is 0.798. The molecule has 0 saturated carbocycles. The normalized spacial score (nSPS) is 23.6. The van der Waals surface area contributed by atoms with E-state index in [1.165, 1.54) is 0 Å². The zero-order chi connectivity index (χ0) is 14.8. The van der Waals surface area contributed by atoms with Crippen LogP contribution < -0.4 is 5.32 Å². The van der Waals surface area contributed by atoms with Crippen LogP contribution in [-0.4, -0.2) is 35.7 Å². The molecule has 1 aromatic heterocycles. The molecule has 5 nitrogen and oxygen atoms in total. The Morgan fingerprint density at radius 3 is 2.85 bits per heavy atom. The van der Waals surface area contributed by atoms with Crippen molar-refractivity contribution in [3.8, 4) is 0 Å². The van der Waals surface area contributed by atoms with Crippen LogP contribution in [0.15, 0.2) is 6.20 Å². The number of aryl methyl sites for hydroxylation is 1. The third-order valence-electron chi connectivity index (χ3n) is 3.85. The van der Waals surface area contributed by atoms with E-state index in [9.17, 15) is 8.42 Å². The average Bonchev–Trinajstić information content (AvgIpc) is 2.77. The van der Waals surface area contributed by atoms with Crippen molar-refractivity contribution in [1.29, 1.82) is 0 Å². The second-order valence-corrected chi connectivity index (χ2v) is 7.88. The Morgan fingerprint density at radius 2 is 2.25 bits per heavy atom. The Hall–Kier alpha value is -0.590. The Labute approximate surface area is 125 Å². The SMILES string of the molecule is CCNC(c1c(Cl)cnn1CC)C1CCCCS1(=O)=O. The van der Waals surface area contributed by atoms with Crippen LogP contribution in [0.4, 0.5) is 0 Å². The molecule has 2 atom stereocenters. The molecule has 1 fully saturated rings. The van der Waals surface area contributed by atoms with Crippen LogP contribution in [-0.2, 0) is 16.4 Å². The van der Waals surface area contributed by atoms with Crippen molar-refractivity contribution >= 4 is 21.4 Å². The highest BCUT2D eigenvalue weighted by Gasteiger charge is 2.38. The lowest BCUT2D eigenvalue weighted by Gasteiger charge is -2.31. The van der Waals surface area contributed by atoms with Gasteiger partial charge in [0.25, 0.3) is 0 Å². The highest BCUT2D eigenvalue weighted by atomic mass is 35.5. The van der Waals surface area contributed by atoms with Crippen LogP contribution in [0, 0.1) is 0 Å². The van der Waals surface area contributed by atoms with Gasteiger partial charge in [0, 0.05) is 6.54 Å². The second-order valence-electron chi connectivity index (χ2n) is 5.13. The summed E-state index contributed by atoms with van der Waals surface area (Å²) in [6.07, 6.45) is 3.99. The fourth-order valence-corrected chi connectivity index (χ4v) is 5.24. The number of sulfone groups is 1. The maximum atomic E-state index is 12.4. The summed E-state index contributed by atoms with van der Waals surface area (Å²) in [6.45, 7) is 5.33. The minimum absolute atomic E-state index is 0.275. The van der Waals surface area contributed by atoms with Crippen LogP contribution in [0.1, 0.15) is 44.8 Å². The van der Waals surface area contributed by atoms with Crippen LogP contribution in [0.5, 0.6) is 0 Å². The highest BCUT2D eigenvalue weighted by Crippen LogP contribution is 2.34. The molecule has 1 aliphatic heterocycles. The van der Waals surface area contributed by atoms with Gasteiger partial charge in [0.15, 0.2) is 9.84 Å². The van der Waals surface area contributed by atoms with Crippen molar-refractivity contribution in [3.63, 3.8) is 0 Å². The lowest BCUT2D eigenvalue weighted by Crippen LogP contribution is -2.41. The van der Waals surface area contributed by atoms with Gasteiger partial charge in [-0.1, -0.05) is 24.9 Å². The zero-order valence-corrected chi connectivity index (χ0v) is 13.5. The lowest BCUT2D eigenvalue weighted by molar-refractivity contribution is 0.428. The Kier molecular flexibility index (Phi) is 5.09. The summed E-state index contributed by atoms with van der Waals surface area (Å²) in [5, 5.41) is 7.66. The highest BCUT2D eigenvalue weighted by molar-refractivity contribution is 7.92. The van der Waals surface area contributed by atoms with Gasteiger partial charge in [-0.15, -0.1) is 0 Å². The van der Waals surface area contributed by atoms with Gasteiger partial charge in [-0.05, 0) is 26.3 Å². The lowest BCUT2D eigenvalue weighted by atomic mass is 10.0. The van der Waals surface area contributed by atoms with Gasteiger partial charge < -0.3 is 5.32 Å². The molecule has 114 valence electrons. The average molecular weight is 320 g/mol. The molecule has 1 N–H and O–H groups in total. The number of hydrogen-bond donors (Lipinski definition) is 1. The molecule has 1 saturated heterocycles. The van der Waals surface area contributed by atoms with E-state index in [0.717, 1.165) is 18.5 Å². The fourth-order valence-electron chi connectivity index (χ4n) is 2.91. The molecule has 0 radical (unpaired) electrons. The topological polar surface area (TPSA) is 64.0 Å². The van der Waals surface area contributed by atoms with E-state index >= 15 is 0 Å². The number of hydrogen-bond acceptors (Lipinski definition) is 4. The summed E-state index contributed by atoms with van der Waals surface area (Å²) in [4.78, 5) is 0. The zero-order valence-electron chi connectivity index (χ0n) is 12.0. The fraction of sp³-hybridized carbons (Fsp3) is 0.769. The monoisotopic (exact) mass is 319 g/mol. The second kappa shape index (κ2) is 6.45. The van der Waals surface area contributed by atoms with E-state index in [1.54, 1.807) is 10.9 Å². The van der Waals surface area contributed by atoms with E-state index in [2.05, 4.69) is 10.4 Å². The molecule has 0 aromatic carbocycles. The van der Waals surface area contributed by atoms with E-state index < -0.39 is 15.1 Å². The Bertz CT molecular complexity index is 556. The van der Waals surface area contributed by atoms with Crippen molar-refractivity contribution in [2.75, 3.05) is 12.3 Å². The van der Waals surface area contributed by atoms with Gasteiger partial charge >= 0.3 is 0 Å². The van der Waals surface area contributed by atoms with Crippen molar-refractivity contribution in [1.82, 2.24) is 15.1 Å². The molecule has 2 heterocycles. The smallest absolute Gasteiger partial charge is 0.155 e. The van der Waals surface area contributed by atoms with E-state index in [1.807, 2.05) is 13.8 Å². The number of aromatic nitrogens is 2. The number of nitrogens with one attached hydrogen (secondary N) is 1. The summed E-state index contributed by atoms with van der Waals surface area (Å²) in [7, 11) is -3.07. The van der Waals surface area contributed by atoms with Gasteiger partial charge in [-0.25, -0.2) is 8.42 Å². The summed E-state index contributed by atoms with van der Waals surface area (Å²) < 4.78 is 26.6. The van der Waals surface area contributed by atoms with Crippen LogP contribution >= 0.6 is 11.6 Å². The first-order valence-electron chi connectivity index (χ1n) is 7.17. The summed E-state index contributed by atoms with van der Waals surface area (Å²) in [5.74, 6) is 0.275. The largest absolute Gasteiger partial charge is 0.308 e. The molecule has 0 bridgehead atoms. The first kappa shape index (κ1) is 15.8. The van der Waals surface area contributed by atoms with E-state index in [4.69, 9.17) is 11.6 Å². The Morgan fingerprint density at radius 1 is 1.50 bits per heavy atom. The predicted molar refractivity (Wildman–Crippen MR) is 80.8 cm³/mol. The molecular weight excluding hydrogens is 298 g/mol. The molecule has 0 spiro atoms. The summed E-state index contributed by atoms with van der Waals surface area (Å²) in [6, 6.07) is -0.278. The van der Waals surface area contributed by atoms with Crippen molar-refractivity contribution in [2.45, 2.75) is 50.9 Å². The number of rotatable bonds is 5. The minimum Gasteiger partial charge on any atom is -0.308 e. The van der Waals surface area contributed by atoms with E-state index in [0.29, 0.717) is 24.5 Å². The van der Waals surface area contributed by atoms with E-state index in [-0.39, 0.29) is 11.8 Å². The Balaban J connectivity index is 2.42. The maximum absolute atomic E-state index is 12.4. The van der Waals surface area contributed by atoms with Crippen LogP contribution in [0.2, 0.25) is 5.02 Å². The molecular formula is C13H22ClN3O2S. The van der Waals surface area contributed by atoms with Gasteiger partial charge in [0.05, 0.1) is 34.0 Å². The molecule has 7 heteroatoms. The van der Waals surface area contributed by atoms with Crippen molar-refractivity contribution < 1.29 is 8.42 Å². The third-order valence-corrected chi connectivity index (χ3v) is 6.43. The first-order chi connectivity index (χ1) is 9.51. The van der Waals surface area contributed by atoms with Crippen LogP contribution in [0.25, 0.3) is 0 Å². The van der Waals surface area contributed by atoms with Crippen molar-refractivity contribution in [2.24, 2.45) is 0 Å². The number of halogens is 1. The van der Waals surface area contributed by atoms with Gasteiger partial charge in [0.2, 0.25) is 0 Å². The molecule has 2 rings (SSSR count). The van der Waals surface area contributed by atoms with Gasteiger partial charge in [-0.2, -0.15) is 5.10 Å². The molecule has 0 aliphatic carbocycles. The molecule has 1 aliphatic rings. The summed E-state index contributed by atoms with van der Waals surface area (Å²) >= 11 is 6.25. The minimum atomic E-state index is -3.07. The quantitative estimate of drug-likeness (QED) is 0.903.